The summed E-state index contributed by atoms with van der Waals surface area (Å²) >= 11 is 5.62. The molecule has 2 aliphatic heterocycles. The zero-order valence-electron chi connectivity index (χ0n) is 14.0. The van der Waals surface area contributed by atoms with E-state index in [1.165, 1.54) is 24.0 Å². The zero-order valence-corrected chi connectivity index (χ0v) is 14.9. The Hall–Kier alpha value is -1.59. The number of rotatable bonds is 2. The van der Waals surface area contributed by atoms with Gasteiger partial charge in [-0.25, -0.2) is 0 Å². The second-order valence-electron chi connectivity index (χ2n) is 6.82. The van der Waals surface area contributed by atoms with Gasteiger partial charge in [0.15, 0.2) is 5.11 Å². The minimum Gasteiger partial charge on any atom is -0.493 e. The van der Waals surface area contributed by atoms with E-state index < -0.39 is 0 Å². The number of thiocarbonyl (C=S) groups is 1. The zero-order chi connectivity index (χ0) is 16.4. The fourth-order valence-electron chi connectivity index (χ4n) is 3.56. The molecule has 0 bridgehead atoms. The molecule has 5 heteroatoms. The van der Waals surface area contributed by atoms with E-state index in [-0.39, 0.29) is 0 Å². The average molecular weight is 343 g/mol. The molecule has 1 aliphatic carbocycles. The SMILES string of the molecule is S=C(N/C=C1/CCCOc2ccccc21)N1CCN(C2CC2)CC1. The number of nitrogens with one attached hydrogen (secondary N) is 1. The molecule has 1 aromatic rings. The van der Waals surface area contributed by atoms with Crippen LogP contribution < -0.4 is 10.1 Å². The lowest BCUT2D eigenvalue weighted by molar-refractivity contribution is 0.174. The molecule has 4 nitrogen and oxygen atoms in total. The quantitative estimate of drug-likeness (QED) is 0.834. The van der Waals surface area contributed by atoms with E-state index in [1.54, 1.807) is 0 Å². The molecule has 128 valence electrons. The van der Waals surface area contributed by atoms with E-state index in [9.17, 15) is 0 Å². The maximum atomic E-state index is 5.82. The number of allylic oxidation sites excluding steroid dienone is 1. The van der Waals surface area contributed by atoms with Gasteiger partial charge in [0, 0.05) is 44.0 Å². The van der Waals surface area contributed by atoms with Crippen LogP contribution in [0.3, 0.4) is 0 Å². The summed E-state index contributed by atoms with van der Waals surface area (Å²) in [6, 6.07) is 9.13. The summed E-state index contributed by atoms with van der Waals surface area (Å²) in [6.45, 7) is 5.12. The van der Waals surface area contributed by atoms with Crippen molar-refractivity contribution in [3.8, 4) is 5.75 Å². The normalized spacial score (nSPS) is 23.3. The van der Waals surface area contributed by atoms with Crippen molar-refractivity contribution in [2.45, 2.75) is 31.7 Å². The Bertz CT molecular complexity index is 633. The number of benzene rings is 1. The highest BCUT2D eigenvalue weighted by molar-refractivity contribution is 7.80. The number of nitrogens with zero attached hydrogens (tertiary/aromatic N) is 2. The molecule has 24 heavy (non-hydrogen) atoms. The topological polar surface area (TPSA) is 27.7 Å². The molecule has 0 atom stereocenters. The number of ether oxygens (including phenoxy) is 1. The molecular weight excluding hydrogens is 318 g/mol. The van der Waals surface area contributed by atoms with Crippen molar-refractivity contribution in [2.24, 2.45) is 0 Å². The highest BCUT2D eigenvalue weighted by atomic mass is 32.1. The monoisotopic (exact) mass is 343 g/mol. The van der Waals surface area contributed by atoms with Crippen LogP contribution in [0.2, 0.25) is 0 Å². The van der Waals surface area contributed by atoms with Crippen molar-refractivity contribution < 1.29 is 4.74 Å². The summed E-state index contributed by atoms with van der Waals surface area (Å²) in [4.78, 5) is 4.90. The highest BCUT2D eigenvalue weighted by Gasteiger charge is 2.31. The molecule has 0 aromatic heterocycles. The van der Waals surface area contributed by atoms with Crippen molar-refractivity contribution in [2.75, 3.05) is 32.8 Å². The van der Waals surface area contributed by atoms with Crippen LogP contribution in [0.5, 0.6) is 5.75 Å². The van der Waals surface area contributed by atoms with Gasteiger partial charge in [0.1, 0.15) is 5.75 Å². The molecular formula is C19H25N3OS. The van der Waals surface area contributed by atoms with Crippen LogP contribution in [0.4, 0.5) is 0 Å². The summed E-state index contributed by atoms with van der Waals surface area (Å²) < 4.78 is 5.82. The molecule has 0 radical (unpaired) electrons. The van der Waals surface area contributed by atoms with E-state index in [4.69, 9.17) is 17.0 Å². The van der Waals surface area contributed by atoms with Gasteiger partial charge in [-0.2, -0.15) is 0 Å². The van der Waals surface area contributed by atoms with Crippen LogP contribution in [0.25, 0.3) is 5.57 Å². The number of hydrogen-bond acceptors (Lipinski definition) is 3. The molecule has 1 aromatic carbocycles. The summed E-state index contributed by atoms with van der Waals surface area (Å²) in [7, 11) is 0. The Balaban J connectivity index is 1.38. The Morgan fingerprint density at radius 3 is 2.75 bits per heavy atom. The highest BCUT2D eigenvalue weighted by Crippen LogP contribution is 2.31. The Morgan fingerprint density at radius 1 is 1.17 bits per heavy atom. The van der Waals surface area contributed by atoms with E-state index >= 15 is 0 Å². The van der Waals surface area contributed by atoms with Gasteiger partial charge in [-0.3, -0.25) is 4.90 Å². The maximum Gasteiger partial charge on any atom is 0.173 e. The van der Waals surface area contributed by atoms with Crippen molar-refractivity contribution in [3.05, 3.63) is 36.0 Å². The van der Waals surface area contributed by atoms with Crippen LogP contribution >= 0.6 is 12.2 Å². The maximum absolute atomic E-state index is 5.82. The Labute approximate surface area is 149 Å². The predicted molar refractivity (Wildman–Crippen MR) is 101 cm³/mol. The molecule has 1 N–H and O–H groups in total. The predicted octanol–water partition coefficient (Wildman–Crippen LogP) is 2.85. The van der Waals surface area contributed by atoms with Gasteiger partial charge in [0.05, 0.1) is 6.61 Å². The molecule has 4 rings (SSSR count). The molecule has 1 saturated heterocycles. The van der Waals surface area contributed by atoms with Crippen LogP contribution in [0.15, 0.2) is 30.5 Å². The van der Waals surface area contributed by atoms with Crippen molar-refractivity contribution in [1.82, 2.24) is 15.1 Å². The minimum absolute atomic E-state index is 0.780. The first-order valence-corrected chi connectivity index (χ1v) is 9.43. The summed E-state index contributed by atoms with van der Waals surface area (Å²) in [5.74, 6) is 0.979. The molecule has 2 heterocycles. The second kappa shape index (κ2) is 7.11. The van der Waals surface area contributed by atoms with Crippen molar-refractivity contribution in [3.63, 3.8) is 0 Å². The minimum atomic E-state index is 0.780. The first-order valence-electron chi connectivity index (χ1n) is 9.02. The number of para-hydroxylation sites is 1. The number of hydrogen-bond donors (Lipinski definition) is 1. The van der Waals surface area contributed by atoms with Gasteiger partial charge >= 0.3 is 0 Å². The third kappa shape index (κ3) is 3.57. The van der Waals surface area contributed by atoms with E-state index in [0.717, 1.165) is 62.5 Å². The van der Waals surface area contributed by atoms with Crippen molar-refractivity contribution >= 4 is 22.9 Å². The molecule has 1 saturated carbocycles. The lowest BCUT2D eigenvalue weighted by atomic mass is 10.0. The van der Waals surface area contributed by atoms with Crippen LogP contribution in [0.1, 0.15) is 31.2 Å². The molecule has 2 fully saturated rings. The third-order valence-corrected chi connectivity index (χ3v) is 5.49. The van der Waals surface area contributed by atoms with Gasteiger partial charge in [0.2, 0.25) is 0 Å². The van der Waals surface area contributed by atoms with Crippen molar-refractivity contribution in [1.29, 1.82) is 0 Å². The first kappa shape index (κ1) is 15.9. The molecule has 0 amide bonds. The van der Waals surface area contributed by atoms with Gasteiger partial charge in [-0.05, 0) is 49.5 Å². The van der Waals surface area contributed by atoms with Crippen LogP contribution in [0, 0.1) is 0 Å². The largest absolute Gasteiger partial charge is 0.493 e. The summed E-state index contributed by atoms with van der Waals surface area (Å²) in [5, 5.41) is 4.22. The van der Waals surface area contributed by atoms with E-state index in [1.807, 2.05) is 12.1 Å². The lowest BCUT2D eigenvalue weighted by Crippen LogP contribution is -2.51. The second-order valence-corrected chi connectivity index (χ2v) is 7.21. The fraction of sp³-hybridized carbons (Fsp3) is 0.526. The molecule has 0 unspecified atom stereocenters. The van der Waals surface area contributed by atoms with Gasteiger partial charge in [0.25, 0.3) is 0 Å². The summed E-state index contributed by atoms with van der Waals surface area (Å²) in [6.07, 6.45) is 6.91. The lowest BCUT2D eigenvalue weighted by Gasteiger charge is -2.36. The van der Waals surface area contributed by atoms with Gasteiger partial charge < -0.3 is 15.0 Å². The first-order chi connectivity index (χ1) is 11.8. The number of fused-ring (bicyclic) bond motifs is 1. The molecule has 3 aliphatic rings. The van der Waals surface area contributed by atoms with E-state index in [2.05, 4.69) is 33.4 Å². The Kier molecular flexibility index (Phi) is 4.72. The molecule has 0 spiro atoms. The smallest absolute Gasteiger partial charge is 0.173 e. The fourth-order valence-corrected chi connectivity index (χ4v) is 3.80. The van der Waals surface area contributed by atoms with Gasteiger partial charge in [-0.15, -0.1) is 0 Å². The van der Waals surface area contributed by atoms with Crippen LogP contribution in [-0.2, 0) is 0 Å². The number of piperazine rings is 1. The average Bonchev–Trinajstić information content (AvgIpc) is 3.47. The third-order valence-electron chi connectivity index (χ3n) is 5.12. The van der Waals surface area contributed by atoms with Gasteiger partial charge in [-0.1, -0.05) is 18.2 Å². The van der Waals surface area contributed by atoms with E-state index in [0.29, 0.717) is 0 Å². The Morgan fingerprint density at radius 2 is 1.96 bits per heavy atom. The standard InChI is InChI=1S/C19H25N3OS/c24-19(22-11-9-21(10-12-22)16-7-8-16)20-14-15-4-3-13-23-18-6-2-1-5-17(15)18/h1-2,5-6,14,16H,3-4,7-13H2,(H,20,24)/b15-14-. The summed E-state index contributed by atoms with van der Waals surface area (Å²) in [5.41, 5.74) is 2.46. The van der Waals surface area contributed by atoms with Crippen LogP contribution in [-0.4, -0.2) is 53.7 Å².